The maximum atomic E-state index is 17.6. The number of anilines is 1. The minimum atomic E-state index is -2.02. The fraction of sp³-hybridized carbons (Fsp3) is 0.512. The molecule has 2 aromatic carbocycles. The molecule has 13 nitrogen and oxygen atoms in total. The van der Waals surface area contributed by atoms with Crippen LogP contribution in [-0.4, -0.2) is 128 Å². The molecule has 2 aromatic heterocycles. The number of hydrogen-bond donors (Lipinski definition) is 0. The van der Waals surface area contributed by atoms with Gasteiger partial charge in [-0.05, 0) is 63.4 Å². The van der Waals surface area contributed by atoms with Crippen LogP contribution >= 0.6 is 0 Å². The van der Waals surface area contributed by atoms with E-state index in [1.807, 2.05) is 25.7 Å². The van der Waals surface area contributed by atoms with Crippen molar-refractivity contribution in [2.45, 2.75) is 70.4 Å². The Bertz CT molecular complexity index is 2260. The second kappa shape index (κ2) is 15.2. The van der Waals surface area contributed by atoms with Crippen molar-refractivity contribution in [2.75, 3.05) is 70.7 Å². The molecule has 0 aliphatic carbocycles. The van der Waals surface area contributed by atoms with Gasteiger partial charge in [0.2, 0.25) is 5.88 Å². The number of amides is 1. The molecule has 0 saturated carbocycles. The number of aromatic nitrogens is 3. The molecule has 1 amide bonds. The van der Waals surface area contributed by atoms with E-state index in [1.165, 1.54) is 13.2 Å². The molecule has 3 atom stereocenters. The first kappa shape index (κ1) is 39.0. The molecule has 16 heteroatoms. The Morgan fingerprint density at radius 1 is 1.05 bits per heavy atom. The molecule has 2 bridgehead atoms. The van der Waals surface area contributed by atoms with E-state index in [0.29, 0.717) is 42.9 Å². The minimum Gasteiger partial charge on any atom is -0.475 e. The van der Waals surface area contributed by atoms with Crippen LogP contribution in [0.1, 0.15) is 39.2 Å². The molecule has 4 aliphatic rings. The van der Waals surface area contributed by atoms with Gasteiger partial charge in [-0.1, -0.05) is 25.1 Å². The molecule has 57 heavy (non-hydrogen) atoms. The number of nitrogens with zero attached hydrogens (tertiary/aromatic N) is 6. The average molecular weight is 803 g/mol. The summed E-state index contributed by atoms with van der Waals surface area (Å²) in [6.07, 6.45) is 8.23. The first-order valence-electron chi connectivity index (χ1n) is 19.3. The van der Waals surface area contributed by atoms with Gasteiger partial charge in [0.05, 0.1) is 43.1 Å². The topological polar surface area (TPSA) is 121 Å². The number of rotatable bonds is 9. The Morgan fingerprint density at radius 2 is 1.84 bits per heavy atom. The second-order valence-electron chi connectivity index (χ2n) is 16.9. The van der Waals surface area contributed by atoms with E-state index >= 15 is 8.78 Å². The summed E-state index contributed by atoms with van der Waals surface area (Å²) in [5.74, 6) is 1.85. The minimum absolute atomic E-state index is 0.0158. The van der Waals surface area contributed by atoms with Crippen molar-refractivity contribution in [3.63, 3.8) is 0 Å². The number of terminal acetylenes is 1. The highest BCUT2D eigenvalue weighted by Gasteiger charge is 2.52. The normalized spacial score (nSPS) is 20.9. The molecular formula is C41H48F2N6O7Si. The van der Waals surface area contributed by atoms with Crippen LogP contribution in [0.2, 0.25) is 13.1 Å². The third-order valence-electron chi connectivity index (χ3n) is 10.9. The molecule has 6 heterocycles. The molecule has 8 rings (SSSR count). The summed E-state index contributed by atoms with van der Waals surface area (Å²) in [4.78, 5) is 34.4. The molecule has 0 spiro atoms. The second-order valence-corrected chi connectivity index (χ2v) is 21.8. The number of methoxy groups -OCH3 is 1. The Kier molecular flexibility index (Phi) is 10.4. The van der Waals surface area contributed by atoms with Crippen LogP contribution in [0.4, 0.5) is 19.4 Å². The largest absolute Gasteiger partial charge is 0.475 e. The van der Waals surface area contributed by atoms with Crippen LogP contribution in [0, 0.1) is 24.0 Å². The van der Waals surface area contributed by atoms with Gasteiger partial charge in [0.25, 0.3) is 0 Å². The summed E-state index contributed by atoms with van der Waals surface area (Å²) in [6.45, 7) is 13.5. The van der Waals surface area contributed by atoms with Crippen molar-refractivity contribution in [1.82, 2.24) is 24.8 Å². The van der Waals surface area contributed by atoms with Crippen molar-refractivity contribution in [3.8, 4) is 41.2 Å². The standard InChI is InChI=1S/C41H48F2N6O7Si/c1-8-27-29(42)11-9-24-17-26(54-22-51-5)18-28(32(24)27)35-34(43)36-33-37(46-39(45-36)55-23-57(6,7)21-47-13-15-52-16-14-47)48-19-25-10-12-30(31(48)20-53-38(33)44-35)49(25)40(50)56-41(2,3)4/h1,9,11,17-18,25,30-31H,10,12-16,19-23H2,2-7H3/t25-,30+,31-/m1/s1. The van der Waals surface area contributed by atoms with Gasteiger partial charge in [-0.3, -0.25) is 4.90 Å². The number of carbonyl (C=O) groups is 1. The Balaban J connectivity index is 1.27. The van der Waals surface area contributed by atoms with Gasteiger partial charge in [0, 0.05) is 37.7 Å². The molecule has 0 unspecified atom stereocenters. The third-order valence-corrected chi connectivity index (χ3v) is 13.1. The summed E-state index contributed by atoms with van der Waals surface area (Å²) >= 11 is 0. The molecular weight excluding hydrogens is 755 g/mol. The first-order valence-corrected chi connectivity index (χ1v) is 22.8. The fourth-order valence-corrected chi connectivity index (χ4v) is 10.7. The number of morpholine rings is 1. The quantitative estimate of drug-likeness (QED) is 0.113. The van der Waals surface area contributed by atoms with E-state index in [1.54, 1.807) is 18.2 Å². The van der Waals surface area contributed by atoms with Gasteiger partial charge >= 0.3 is 12.1 Å². The van der Waals surface area contributed by atoms with Gasteiger partial charge in [0.1, 0.15) is 54.3 Å². The highest BCUT2D eigenvalue weighted by atomic mass is 28.3. The van der Waals surface area contributed by atoms with Crippen LogP contribution in [0.15, 0.2) is 24.3 Å². The number of hydrogen-bond acceptors (Lipinski definition) is 12. The number of ether oxygens (including phenoxy) is 6. The lowest BCUT2D eigenvalue weighted by molar-refractivity contribution is 0.00538. The fourth-order valence-electron chi connectivity index (χ4n) is 8.53. The van der Waals surface area contributed by atoms with Crippen LogP contribution in [0.3, 0.4) is 0 Å². The van der Waals surface area contributed by atoms with Gasteiger partial charge in [-0.25, -0.2) is 18.6 Å². The zero-order chi connectivity index (χ0) is 40.2. The van der Waals surface area contributed by atoms with Crippen LogP contribution in [0.25, 0.3) is 32.9 Å². The third kappa shape index (κ3) is 7.53. The van der Waals surface area contributed by atoms with E-state index in [9.17, 15) is 4.79 Å². The summed E-state index contributed by atoms with van der Waals surface area (Å²) < 4.78 is 68.2. The lowest BCUT2D eigenvalue weighted by atomic mass is 9.95. The van der Waals surface area contributed by atoms with E-state index in [4.69, 9.17) is 49.8 Å². The van der Waals surface area contributed by atoms with Crippen molar-refractivity contribution in [3.05, 3.63) is 41.5 Å². The molecule has 4 aliphatic heterocycles. The maximum absolute atomic E-state index is 17.6. The van der Waals surface area contributed by atoms with E-state index < -0.39 is 25.3 Å². The van der Waals surface area contributed by atoms with Gasteiger partial charge in [-0.15, -0.1) is 6.42 Å². The highest BCUT2D eigenvalue weighted by Crippen LogP contribution is 2.46. The number of benzene rings is 2. The molecule has 0 radical (unpaired) electrons. The Labute approximate surface area is 331 Å². The van der Waals surface area contributed by atoms with Crippen LogP contribution < -0.4 is 19.1 Å². The summed E-state index contributed by atoms with van der Waals surface area (Å²) in [6, 6.07) is 5.25. The summed E-state index contributed by atoms with van der Waals surface area (Å²) in [7, 11) is -0.532. The summed E-state index contributed by atoms with van der Waals surface area (Å²) in [5, 5.41) is 1.06. The first-order chi connectivity index (χ1) is 27.2. The number of fused-ring (bicyclic) bond motifs is 6. The van der Waals surface area contributed by atoms with Gasteiger partial charge in [0.15, 0.2) is 12.6 Å². The van der Waals surface area contributed by atoms with E-state index in [0.717, 1.165) is 32.1 Å². The Hall–Kier alpha value is -4.82. The number of carbonyl (C=O) groups excluding carboxylic acids is 1. The lowest BCUT2D eigenvalue weighted by Crippen LogP contribution is -2.63. The van der Waals surface area contributed by atoms with Crippen molar-refractivity contribution in [1.29, 1.82) is 0 Å². The molecule has 4 aromatic rings. The number of piperazine rings is 1. The highest BCUT2D eigenvalue weighted by molar-refractivity contribution is 6.77. The molecule has 302 valence electrons. The van der Waals surface area contributed by atoms with Crippen molar-refractivity contribution in [2.24, 2.45) is 0 Å². The molecule has 0 N–H and O–H groups in total. The van der Waals surface area contributed by atoms with Crippen LogP contribution in [-0.2, 0) is 14.2 Å². The van der Waals surface area contributed by atoms with Gasteiger partial charge in [-0.2, -0.15) is 9.97 Å². The monoisotopic (exact) mass is 802 g/mol. The van der Waals surface area contributed by atoms with Crippen molar-refractivity contribution >= 4 is 41.7 Å². The smallest absolute Gasteiger partial charge is 0.410 e. The predicted octanol–water partition coefficient (Wildman–Crippen LogP) is 5.93. The Morgan fingerprint density at radius 3 is 2.58 bits per heavy atom. The van der Waals surface area contributed by atoms with Crippen molar-refractivity contribution < 1.29 is 42.0 Å². The average Bonchev–Trinajstić information content (AvgIpc) is 3.41. The molecule has 3 fully saturated rings. The zero-order valence-corrected chi connectivity index (χ0v) is 34.2. The molecule has 3 saturated heterocycles. The van der Waals surface area contributed by atoms with Crippen LogP contribution in [0.5, 0.6) is 17.6 Å². The summed E-state index contributed by atoms with van der Waals surface area (Å²) in [5.41, 5.74) is -0.778. The van der Waals surface area contributed by atoms with E-state index in [-0.39, 0.29) is 82.6 Å². The maximum Gasteiger partial charge on any atom is 0.410 e. The van der Waals surface area contributed by atoms with E-state index in [2.05, 4.69) is 28.8 Å². The predicted molar refractivity (Wildman–Crippen MR) is 212 cm³/mol. The SMILES string of the molecule is C#Cc1c(F)ccc2cc(OCOC)cc(-c3nc4c5c(nc(OC[Si](C)(C)CN6CCOCC6)nc5c3F)N3C[C@H]5CC[C@@H]([C@H]3CO4)N5C(=O)OC(C)(C)C)c12. The lowest BCUT2D eigenvalue weighted by Gasteiger charge is -2.46. The number of halogens is 2. The zero-order valence-electron chi connectivity index (χ0n) is 33.2. The number of pyridine rings is 1. The van der Waals surface area contributed by atoms with Gasteiger partial charge < -0.3 is 38.2 Å².